The Kier molecular flexibility index (Phi) is 51.0. The number of quaternary nitrogens is 1. The molecule has 8 nitrogen and oxygen atoms in total. The van der Waals surface area contributed by atoms with Crippen molar-refractivity contribution in [3.8, 4) is 0 Å². The van der Waals surface area contributed by atoms with Gasteiger partial charge >= 0.3 is 7.82 Å². The van der Waals surface area contributed by atoms with Gasteiger partial charge in [-0.25, -0.2) is 4.57 Å². The maximum atomic E-state index is 12.9. The van der Waals surface area contributed by atoms with Crippen molar-refractivity contribution in [3.05, 3.63) is 0 Å². The van der Waals surface area contributed by atoms with E-state index < -0.39 is 20.0 Å². The molecule has 0 aliphatic heterocycles. The molecule has 0 fully saturated rings. The molecule has 0 aliphatic rings. The van der Waals surface area contributed by atoms with Crippen molar-refractivity contribution in [1.29, 1.82) is 0 Å². The van der Waals surface area contributed by atoms with E-state index in [1.165, 1.54) is 257 Å². The lowest BCUT2D eigenvalue weighted by Gasteiger charge is -2.26. The van der Waals surface area contributed by atoms with Crippen molar-refractivity contribution in [2.75, 3.05) is 40.9 Å². The van der Waals surface area contributed by atoms with Gasteiger partial charge in [-0.2, -0.15) is 0 Å². The number of hydrogen-bond acceptors (Lipinski definition) is 5. The molecule has 0 saturated carbocycles. The van der Waals surface area contributed by atoms with Crippen LogP contribution >= 0.6 is 7.82 Å². The Balaban J connectivity index is 3.79. The second-order valence-corrected chi connectivity index (χ2v) is 23.9. The summed E-state index contributed by atoms with van der Waals surface area (Å²) >= 11 is 0. The number of amides is 1. The molecule has 68 heavy (non-hydrogen) atoms. The van der Waals surface area contributed by atoms with Gasteiger partial charge in [-0.3, -0.25) is 13.8 Å². The molecule has 0 bridgehead atoms. The van der Waals surface area contributed by atoms with E-state index in [1.54, 1.807) is 0 Å². The van der Waals surface area contributed by atoms with Crippen molar-refractivity contribution in [2.45, 2.75) is 334 Å². The second kappa shape index (κ2) is 51.4. The van der Waals surface area contributed by atoms with E-state index in [4.69, 9.17) is 9.05 Å². The van der Waals surface area contributed by atoms with E-state index in [2.05, 4.69) is 19.2 Å². The topological polar surface area (TPSA) is 105 Å². The molecule has 0 rings (SSSR count). The zero-order valence-corrected chi connectivity index (χ0v) is 47.5. The lowest BCUT2D eigenvalue weighted by Crippen LogP contribution is -2.46. The Morgan fingerprint density at radius 1 is 0.441 bits per heavy atom. The monoisotopic (exact) mass is 986 g/mol. The summed E-state index contributed by atoms with van der Waals surface area (Å²) in [4.78, 5) is 23.2. The lowest BCUT2D eigenvalue weighted by molar-refractivity contribution is -0.870. The van der Waals surface area contributed by atoms with Crippen molar-refractivity contribution in [2.24, 2.45) is 0 Å². The molecule has 408 valence electrons. The van der Waals surface area contributed by atoms with Crippen LogP contribution in [0.15, 0.2) is 0 Å². The maximum Gasteiger partial charge on any atom is 0.472 e. The van der Waals surface area contributed by atoms with Crippen LogP contribution in [0.1, 0.15) is 322 Å². The summed E-state index contributed by atoms with van der Waals surface area (Å²) in [5, 5.41) is 14.0. The van der Waals surface area contributed by atoms with Crippen LogP contribution in [0.5, 0.6) is 0 Å². The van der Waals surface area contributed by atoms with Gasteiger partial charge in [-0.05, 0) is 12.8 Å². The van der Waals surface area contributed by atoms with Crippen LogP contribution in [-0.4, -0.2) is 73.4 Å². The fourth-order valence-corrected chi connectivity index (χ4v) is 10.3. The van der Waals surface area contributed by atoms with Crippen LogP contribution in [0, 0.1) is 0 Å². The van der Waals surface area contributed by atoms with Gasteiger partial charge in [0.05, 0.1) is 39.9 Å². The molecule has 9 heteroatoms. The molecule has 0 aromatic carbocycles. The molecule has 3 atom stereocenters. The molecule has 0 radical (unpaired) electrons. The first kappa shape index (κ1) is 67.5. The summed E-state index contributed by atoms with van der Waals surface area (Å²) in [6.45, 7) is 4.91. The zero-order valence-electron chi connectivity index (χ0n) is 46.6. The minimum absolute atomic E-state index is 0.0786. The van der Waals surface area contributed by atoms with Gasteiger partial charge in [0.15, 0.2) is 0 Å². The average molecular weight is 987 g/mol. The predicted octanol–water partition coefficient (Wildman–Crippen LogP) is 18.4. The smallest absolute Gasteiger partial charge is 0.391 e. The quantitative estimate of drug-likeness (QED) is 0.0319. The van der Waals surface area contributed by atoms with Gasteiger partial charge in [0, 0.05) is 6.42 Å². The van der Waals surface area contributed by atoms with E-state index in [1.807, 2.05) is 21.1 Å². The Bertz CT molecular complexity index is 1070. The average Bonchev–Trinajstić information content (AvgIpc) is 3.30. The molecule has 0 spiro atoms. The van der Waals surface area contributed by atoms with Crippen LogP contribution in [0.25, 0.3) is 0 Å². The molecule has 0 aromatic rings. The Hall–Kier alpha value is -0.500. The highest BCUT2D eigenvalue weighted by Gasteiger charge is 2.28. The highest BCUT2D eigenvalue weighted by Crippen LogP contribution is 2.43. The minimum Gasteiger partial charge on any atom is -0.391 e. The predicted molar refractivity (Wildman–Crippen MR) is 296 cm³/mol. The van der Waals surface area contributed by atoms with Crippen molar-refractivity contribution in [3.63, 3.8) is 0 Å². The molecule has 0 saturated heterocycles. The highest BCUT2D eigenvalue weighted by molar-refractivity contribution is 7.47. The first-order chi connectivity index (χ1) is 33.0. The zero-order chi connectivity index (χ0) is 49.9. The van der Waals surface area contributed by atoms with E-state index in [0.717, 1.165) is 38.5 Å². The van der Waals surface area contributed by atoms with Gasteiger partial charge in [0.25, 0.3) is 0 Å². The van der Waals surface area contributed by atoms with Gasteiger partial charge in [-0.15, -0.1) is 0 Å². The van der Waals surface area contributed by atoms with Gasteiger partial charge in [0.1, 0.15) is 13.2 Å². The Labute approximate surface area is 425 Å². The number of aliphatic hydroxyl groups excluding tert-OH is 1. The van der Waals surface area contributed by atoms with E-state index in [-0.39, 0.29) is 19.1 Å². The number of likely N-dealkylation sites (N-methyl/N-ethyl adjacent to an activating group) is 1. The summed E-state index contributed by atoms with van der Waals surface area (Å²) in [5.74, 6) is -0.138. The third-order valence-corrected chi connectivity index (χ3v) is 15.3. The number of phosphoric ester groups is 1. The molecule has 0 heterocycles. The van der Waals surface area contributed by atoms with Crippen molar-refractivity contribution < 1.29 is 32.9 Å². The normalized spacial score (nSPS) is 13.8. The maximum absolute atomic E-state index is 12.9. The largest absolute Gasteiger partial charge is 0.472 e. The lowest BCUT2D eigenvalue weighted by atomic mass is 10.0. The van der Waals surface area contributed by atoms with Crippen molar-refractivity contribution in [1.82, 2.24) is 5.32 Å². The fourth-order valence-electron chi connectivity index (χ4n) is 9.58. The Morgan fingerprint density at radius 2 is 0.706 bits per heavy atom. The van der Waals surface area contributed by atoms with E-state index >= 15 is 0 Å². The first-order valence-corrected chi connectivity index (χ1v) is 31.9. The molecule has 3 unspecified atom stereocenters. The van der Waals surface area contributed by atoms with Gasteiger partial charge in [-0.1, -0.05) is 303 Å². The third kappa shape index (κ3) is 53.3. The SMILES string of the molecule is CCCCCCCCCCCCCCCCCCCCCCCCCCCCCCCCCCCCCCC(=O)NC(COP(=O)(O)OCC[N+](C)(C)C)C(O)CCCCCCCCCCCC. The number of nitrogens with one attached hydrogen (secondary N) is 1. The van der Waals surface area contributed by atoms with E-state index in [0.29, 0.717) is 23.9 Å². The minimum atomic E-state index is -4.31. The molecular formula is C59H122N2O6P+. The summed E-state index contributed by atoms with van der Waals surface area (Å²) in [6, 6.07) is -0.753. The van der Waals surface area contributed by atoms with Crippen LogP contribution in [0.2, 0.25) is 0 Å². The summed E-state index contributed by atoms with van der Waals surface area (Å²) in [5.41, 5.74) is 0. The number of aliphatic hydroxyl groups is 1. The summed E-state index contributed by atoms with van der Waals surface area (Å²) in [6.07, 6.45) is 62.1. The molecule has 0 aromatic heterocycles. The second-order valence-electron chi connectivity index (χ2n) is 22.4. The number of rotatable bonds is 57. The van der Waals surface area contributed by atoms with Crippen molar-refractivity contribution >= 4 is 13.7 Å². The summed E-state index contributed by atoms with van der Waals surface area (Å²) < 4.78 is 23.7. The van der Waals surface area contributed by atoms with E-state index in [9.17, 15) is 19.4 Å². The molecule has 3 N–H and O–H groups in total. The highest BCUT2D eigenvalue weighted by atomic mass is 31.2. The van der Waals surface area contributed by atoms with Gasteiger partial charge in [0.2, 0.25) is 5.91 Å². The molecule has 1 amide bonds. The molecule has 0 aliphatic carbocycles. The van der Waals surface area contributed by atoms with Crippen LogP contribution < -0.4 is 5.32 Å². The first-order valence-electron chi connectivity index (χ1n) is 30.4. The summed E-state index contributed by atoms with van der Waals surface area (Å²) in [7, 11) is 1.63. The van der Waals surface area contributed by atoms with Crippen LogP contribution in [0.3, 0.4) is 0 Å². The Morgan fingerprint density at radius 3 is 0.985 bits per heavy atom. The van der Waals surface area contributed by atoms with Gasteiger partial charge < -0.3 is 19.8 Å². The number of carbonyl (C=O) groups excluding carboxylic acids is 1. The fraction of sp³-hybridized carbons (Fsp3) is 0.983. The number of nitrogens with zero attached hydrogens (tertiary/aromatic N) is 1. The number of hydrogen-bond donors (Lipinski definition) is 3. The van der Waals surface area contributed by atoms with Crippen LogP contribution in [-0.2, 0) is 18.4 Å². The number of unbranched alkanes of at least 4 members (excludes halogenated alkanes) is 44. The molecular weight excluding hydrogens is 864 g/mol. The number of phosphoric acid groups is 1. The number of carbonyl (C=O) groups is 1. The third-order valence-electron chi connectivity index (χ3n) is 14.4. The van der Waals surface area contributed by atoms with Crippen LogP contribution in [0.4, 0.5) is 0 Å². The standard InChI is InChI=1S/C59H121N2O6P/c1-6-8-10-12-14-16-18-19-20-21-22-23-24-25-26-27-28-29-30-31-32-33-34-35-36-37-38-39-40-41-42-43-45-47-49-51-53-59(63)60-57(56-67-68(64,65)66-55-54-61(3,4)5)58(62)52-50-48-46-44-17-15-13-11-9-7-2/h57-58,62H,6-56H2,1-5H3,(H-,60,63,64,65)/p+1.